The topological polar surface area (TPSA) is 36.4 Å². The number of anilines is 1. The molecule has 1 amide bonds. The van der Waals surface area contributed by atoms with E-state index in [1.54, 1.807) is 19.2 Å². The van der Waals surface area contributed by atoms with Gasteiger partial charge in [0, 0.05) is 44.2 Å². The number of amides is 1. The lowest BCUT2D eigenvalue weighted by atomic mass is 9.95. The summed E-state index contributed by atoms with van der Waals surface area (Å²) in [7, 11) is 0. The van der Waals surface area contributed by atoms with E-state index in [0.717, 1.165) is 50.3 Å². The smallest absolute Gasteiger partial charge is 0.225 e. The summed E-state index contributed by atoms with van der Waals surface area (Å²) in [6, 6.07) is 9.23. The van der Waals surface area contributed by atoms with Gasteiger partial charge < -0.3 is 9.80 Å². The average Bonchev–Trinajstić information content (AvgIpc) is 3.20. The van der Waals surface area contributed by atoms with Crippen LogP contribution in [0.5, 0.6) is 0 Å². The highest BCUT2D eigenvalue weighted by molar-refractivity contribution is 6.30. The van der Waals surface area contributed by atoms with Crippen LogP contribution in [-0.4, -0.2) is 42.0 Å². The van der Waals surface area contributed by atoms with Crippen molar-refractivity contribution in [1.29, 1.82) is 0 Å². The van der Waals surface area contributed by atoms with Gasteiger partial charge in [0.05, 0.1) is 5.02 Å². The van der Waals surface area contributed by atoms with Crippen LogP contribution in [-0.2, 0) is 4.79 Å². The summed E-state index contributed by atoms with van der Waals surface area (Å²) in [5, 5.41) is 0.630. The summed E-state index contributed by atoms with van der Waals surface area (Å²) in [6.45, 7) is 4.88. The summed E-state index contributed by atoms with van der Waals surface area (Å²) in [5.41, 5.74) is 1.67. The van der Waals surface area contributed by atoms with E-state index in [4.69, 9.17) is 11.6 Å². The molecule has 3 heterocycles. The molecule has 2 saturated heterocycles. The predicted octanol–water partition coefficient (Wildman–Crippen LogP) is 4.42. The summed E-state index contributed by atoms with van der Waals surface area (Å²) in [4.78, 5) is 21.5. The number of benzene rings is 1. The minimum absolute atomic E-state index is 0.0667. The van der Waals surface area contributed by atoms with E-state index >= 15 is 0 Å². The van der Waals surface area contributed by atoms with E-state index < -0.39 is 0 Å². The van der Waals surface area contributed by atoms with Gasteiger partial charge in [-0.3, -0.25) is 4.79 Å². The fraction of sp³-hybridized carbons (Fsp3) is 0.455. The maximum Gasteiger partial charge on any atom is 0.225 e. The van der Waals surface area contributed by atoms with Crippen LogP contribution in [0.1, 0.15) is 36.3 Å². The van der Waals surface area contributed by atoms with Gasteiger partial charge in [-0.25, -0.2) is 9.37 Å². The van der Waals surface area contributed by atoms with Crippen molar-refractivity contribution in [2.45, 2.75) is 32.1 Å². The van der Waals surface area contributed by atoms with E-state index in [1.165, 1.54) is 0 Å². The Morgan fingerprint density at radius 2 is 1.93 bits per heavy atom. The van der Waals surface area contributed by atoms with Gasteiger partial charge in [0.1, 0.15) is 11.6 Å². The van der Waals surface area contributed by atoms with Gasteiger partial charge in [0.2, 0.25) is 5.91 Å². The molecule has 148 valence electrons. The molecule has 0 N–H and O–H groups in total. The van der Waals surface area contributed by atoms with Crippen molar-refractivity contribution in [1.82, 2.24) is 9.88 Å². The highest BCUT2D eigenvalue weighted by atomic mass is 35.5. The lowest BCUT2D eigenvalue weighted by Crippen LogP contribution is -2.42. The number of aryl methyl sites for hydroxylation is 1. The molecule has 2 aliphatic rings. The van der Waals surface area contributed by atoms with Crippen molar-refractivity contribution in [2.24, 2.45) is 5.92 Å². The Morgan fingerprint density at radius 1 is 1.14 bits per heavy atom. The Kier molecular flexibility index (Phi) is 5.54. The first-order valence-electron chi connectivity index (χ1n) is 9.92. The molecule has 2 fully saturated rings. The second-order valence-corrected chi connectivity index (χ2v) is 8.31. The summed E-state index contributed by atoms with van der Waals surface area (Å²) >= 11 is 5.91. The Morgan fingerprint density at radius 3 is 2.61 bits per heavy atom. The van der Waals surface area contributed by atoms with Gasteiger partial charge in [0.15, 0.2) is 0 Å². The predicted molar refractivity (Wildman–Crippen MR) is 109 cm³/mol. The van der Waals surface area contributed by atoms with Crippen LogP contribution in [0.4, 0.5) is 10.2 Å². The highest BCUT2D eigenvalue weighted by Gasteiger charge is 2.33. The molecule has 0 saturated carbocycles. The molecule has 4 rings (SSSR count). The van der Waals surface area contributed by atoms with Crippen molar-refractivity contribution in [3.05, 3.63) is 58.5 Å². The van der Waals surface area contributed by atoms with Crippen LogP contribution in [0.3, 0.4) is 0 Å². The maximum absolute atomic E-state index is 13.9. The minimum atomic E-state index is -0.162. The zero-order valence-electron chi connectivity index (χ0n) is 16.1. The highest BCUT2D eigenvalue weighted by Crippen LogP contribution is 2.31. The van der Waals surface area contributed by atoms with Crippen molar-refractivity contribution in [3.8, 4) is 0 Å². The number of hydrogen-bond donors (Lipinski definition) is 0. The van der Waals surface area contributed by atoms with E-state index in [-0.39, 0.29) is 23.6 Å². The molecule has 1 aromatic heterocycles. The summed E-state index contributed by atoms with van der Waals surface area (Å²) in [5.74, 6) is 1.30. The Balaban J connectivity index is 1.33. The molecule has 0 bridgehead atoms. The second kappa shape index (κ2) is 8.08. The zero-order valence-corrected chi connectivity index (χ0v) is 16.8. The van der Waals surface area contributed by atoms with E-state index in [0.29, 0.717) is 17.1 Å². The van der Waals surface area contributed by atoms with E-state index in [9.17, 15) is 9.18 Å². The van der Waals surface area contributed by atoms with Gasteiger partial charge in [0.25, 0.3) is 0 Å². The molecule has 2 aromatic rings. The Hall–Kier alpha value is -2.14. The van der Waals surface area contributed by atoms with Crippen molar-refractivity contribution >= 4 is 23.3 Å². The number of aromatic nitrogens is 1. The van der Waals surface area contributed by atoms with Crippen LogP contribution >= 0.6 is 11.6 Å². The molecule has 1 aromatic carbocycles. The third-order valence-electron chi connectivity index (χ3n) is 6.05. The quantitative estimate of drug-likeness (QED) is 0.764. The number of piperidine rings is 1. The lowest BCUT2D eigenvalue weighted by molar-refractivity contribution is -0.135. The Bertz CT molecular complexity index is 849. The molecule has 1 unspecified atom stereocenters. The Labute approximate surface area is 170 Å². The van der Waals surface area contributed by atoms with E-state index in [1.807, 2.05) is 29.2 Å². The number of likely N-dealkylation sites (tertiary alicyclic amines) is 1. The molecular weight excluding hydrogens is 377 g/mol. The van der Waals surface area contributed by atoms with Crippen molar-refractivity contribution in [2.75, 3.05) is 31.1 Å². The normalized spacial score (nSPS) is 20.6. The molecule has 0 spiro atoms. The minimum Gasteiger partial charge on any atom is -0.357 e. The number of rotatable bonds is 3. The number of carbonyl (C=O) groups is 1. The van der Waals surface area contributed by atoms with Gasteiger partial charge in [-0.05, 0) is 55.5 Å². The van der Waals surface area contributed by atoms with Crippen LogP contribution in [0.2, 0.25) is 5.02 Å². The molecule has 1 atom stereocenters. The molecule has 4 nitrogen and oxygen atoms in total. The maximum atomic E-state index is 13.9. The fourth-order valence-electron chi connectivity index (χ4n) is 4.26. The number of pyridine rings is 1. The number of carbonyl (C=O) groups excluding carboxylic acids is 1. The molecule has 0 aliphatic carbocycles. The van der Waals surface area contributed by atoms with Crippen LogP contribution in [0.25, 0.3) is 0 Å². The van der Waals surface area contributed by atoms with Crippen LogP contribution < -0.4 is 4.90 Å². The first kappa shape index (κ1) is 19.2. The molecule has 0 radical (unpaired) electrons. The van der Waals surface area contributed by atoms with Crippen LogP contribution in [0.15, 0.2) is 36.5 Å². The molecule has 2 aliphatic heterocycles. The summed E-state index contributed by atoms with van der Waals surface area (Å²) in [6.07, 6.45) is 4.24. The molecular formula is C22H25ClFN3O. The third-order valence-corrected chi connectivity index (χ3v) is 6.27. The number of hydrogen-bond acceptors (Lipinski definition) is 3. The third kappa shape index (κ3) is 4.00. The van der Waals surface area contributed by atoms with Gasteiger partial charge >= 0.3 is 0 Å². The van der Waals surface area contributed by atoms with Crippen molar-refractivity contribution in [3.63, 3.8) is 0 Å². The fourth-order valence-corrected chi connectivity index (χ4v) is 4.38. The van der Waals surface area contributed by atoms with Gasteiger partial charge in [-0.1, -0.05) is 23.7 Å². The standard InChI is InChI=1S/C22H25ClFN3O/c1-15-2-3-17(12-20(15)24)18-8-11-27(14-18)22(28)16-6-9-26(10-7-16)21-5-4-19(23)13-25-21/h2-5,12-13,16,18H,6-11,14H2,1H3. The first-order valence-corrected chi connectivity index (χ1v) is 10.3. The first-order chi connectivity index (χ1) is 13.5. The monoisotopic (exact) mass is 401 g/mol. The van der Waals surface area contributed by atoms with Crippen molar-refractivity contribution < 1.29 is 9.18 Å². The zero-order chi connectivity index (χ0) is 19.7. The van der Waals surface area contributed by atoms with Gasteiger partial charge in [-0.2, -0.15) is 0 Å². The van der Waals surface area contributed by atoms with E-state index in [2.05, 4.69) is 9.88 Å². The SMILES string of the molecule is Cc1ccc(C2CCN(C(=O)C3CCN(c4ccc(Cl)cn4)CC3)C2)cc1F. The van der Waals surface area contributed by atoms with Crippen LogP contribution in [0, 0.1) is 18.7 Å². The molecule has 28 heavy (non-hydrogen) atoms. The second-order valence-electron chi connectivity index (χ2n) is 7.87. The lowest BCUT2D eigenvalue weighted by Gasteiger charge is -2.34. The molecule has 6 heteroatoms. The largest absolute Gasteiger partial charge is 0.357 e. The van der Waals surface area contributed by atoms with Gasteiger partial charge in [-0.15, -0.1) is 0 Å². The number of halogens is 2. The average molecular weight is 402 g/mol. The summed E-state index contributed by atoms with van der Waals surface area (Å²) < 4.78 is 13.9. The number of nitrogens with zero attached hydrogens (tertiary/aromatic N) is 3.